The van der Waals surface area contributed by atoms with Crippen LogP contribution in [-0.2, 0) is 10.1 Å². The molecule has 5 heteroatoms. The van der Waals surface area contributed by atoms with Gasteiger partial charge in [0, 0.05) is 0 Å². The van der Waals surface area contributed by atoms with Crippen molar-refractivity contribution in [1.29, 1.82) is 0 Å². The van der Waals surface area contributed by atoms with E-state index in [9.17, 15) is 13.0 Å². The number of methoxy groups -OCH3 is 1. The fourth-order valence-electron chi connectivity index (χ4n) is 0.825. The predicted octanol–water partition coefficient (Wildman–Crippen LogP) is 0.599. The van der Waals surface area contributed by atoms with E-state index in [-0.39, 0.29) is 10.6 Å². The van der Waals surface area contributed by atoms with Crippen LogP contribution in [-0.4, -0.2) is 20.1 Å². The molecule has 0 atom stereocenters. The van der Waals surface area contributed by atoms with Crippen molar-refractivity contribution in [2.45, 2.75) is 4.90 Å². The van der Waals surface area contributed by atoms with Crippen LogP contribution in [0.15, 0.2) is 29.2 Å². The predicted molar refractivity (Wildman–Crippen MR) is 41.0 cm³/mol. The second kappa shape index (κ2) is 3.12. The van der Waals surface area contributed by atoms with E-state index in [0.717, 1.165) is 0 Å². The molecule has 0 aromatic heterocycles. The fraction of sp³-hybridized carbons (Fsp3) is 0.143. The van der Waals surface area contributed by atoms with Crippen molar-refractivity contribution >= 4 is 10.1 Å². The van der Waals surface area contributed by atoms with Crippen LogP contribution in [0, 0.1) is 0 Å². The molecule has 1 aromatic carbocycles. The third kappa shape index (κ3) is 1.75. The van der Waals surface area contributed by atoms with E-state index in [1.807, 2.05) is 0 Å². The van der Waals surface area contributed by atoms with Crippen molar-refractivity contribution in [3.63, 3.8) is 0 Å². The minimum absolute atomic E-state index is 0.0764. The molecule has 0 unspecified atom stereocenters. The van der Waals surface area contributed by atoms with Gasteiger partial charge in [-0.15, -0.1) is 0 Å². The molecule has 4 nitrogen and oxygen atoms in total. The maximum Gasteiger partial charge on any atom is 0.136 e. The summed E-state index contributed by atoms with van der Waals surface area (Å²) in [4.78, 5) is -0.326. The summed E-state index contributed by atoms with van der Waals surface area (Å²) in [6, 6.07) is 5.69. The third-order valence-electron chi connectivity index (χ3n) is 1.34. The van der Waals surface area contributed by atoms with Gasteiger partial charge in [0.2, 0.25) is 0 Å². The number of hydrogen-bond acceptors (Lipinski definition) is 4. The van der Waals surface area contributed by atoms with Crippen molar-refractivity contribution in [3.05, 3.63) is 24.3 Å². The molecule has 0 saturated carbocycles. The Labute approximate surface area is 70.5 Å². The topological polar surface area (TPSA) is 66.4 Å². The van der Waals surface area contributed by atoms with Gasteiger partial charge in [0.05, 0.1) is 12.0 Å². The molecule has 1 rings (SSSR count). The second-order valence-corrected chi connectivity index (χ2v) is 3.45. The first-order chi connectivity index (χ1) is 5.55. The van der Waals surface area contributed by atoms with Gasteiger partial charge in [0.1, 0.15) is 15.9 Å². The summed E-state index contributed by atoms with van der Waals surface area (Å²) >= 11 is 0. The zero-order valence-corrected chi connectivity index (χ0v) is 7.17. The van der Waals surface area contributed by atoms with E-state index in [1.54, 1.807) is 6.07 Å². The van der Waals surface area contributed by atoms with E-state index >= 15 is 0 Å². The van der Waals surface area contributed by atoms with E-state index < -0.39 is 10.1 Å². The van der Waals surface area contributed by atoms with Crippen molar-refractivity contribution in [3.8, 4) is 5.75 Å². The quantitative estimate of drug-likeness (QED) is 0.636. The summed E-state index contributed by atoms with van der Waals surface area (Å²) in [5, 5.41) is 0. The first kappa shape index (κ1) is 9.02. The van der Waals surface area contributed by atoms with Crippen LogP contribution in [0.1, 0.15) is 0 Å². The highest BCUT2D eigenvalue weighted by Crippen LogP contribution is 2.21. The van der Waals surface area contributed by atoms with Gasteiger partial charge in [-0.05, 0) is 12.1 Å². The molecule has 0 amide bonds. The van der Waals surface area contributed by atoms with Crippen LogP contribution in [0.2, 0.25) is 0 Å². The molecule has 66 valence electrons. The highest BCUT2D eigenvalue weighted by Gasteiger charge is 2.06. The Morgan fingerprint density at radius 3 is 2.33 bits per heavy atom. The number of benzene rings is 1. The maximum absolute atomic E-state index is 10.6. The molecule has 0 aliphatic heterocycles. The summed E-state index contributed by atoms with van der Waals surface area (Å²) < 4.78 is 36.4. The summed E-state index contributed by atoms with van der Waals surface area (Å²) in [6.07, 6.45) is 0. The Hall–Kier alpha value is -1.07. The number of hydrogen-bond donors (Lipinski definition) is 0. The Kier molecular flexibility index (Phi) is 2.35. The third-order valence-corrected chi connectivity index (χ3v) is 2.21. The molecule has 1 aromatic rings. The number of para-hydroxylation sites is 1. The molecule has 0 spiro atoms. The lowest BCUT2D eigenvalue weighted by molar-refractivity contribution is 0.395. The van der Waals surface area contributed by atoms with Crippen molar-refractivity contribution in [1.82, 2.24) is 0 Å². The van der Waals surface area contributed by atoms with Gasteiger partial charge in [0.15, 0.2) is 0 Å². The monoisotopic (exact) mass is 187 g/mol. The normalized spacial score (nSPS) is 11.2. The van der Waals surface area contributed by atoms with Gasteiger partial charge in [-0.3, -0.25) is 0 Å². The average molecular weight is 187 g/mol. The van der Waals surface area contributed by atoms with Crippen LogP contribution < -0.4 is 4.74 Å². The van der Waals surface area contributed by atoms with Gasteiger partial charge in [-0.1, -0.05) is 12.1 Å². The summed E-state index contributed by atoms with van der Waals surface area (Å²) in [5.74, 6) is 0.0764. The first-order valence-electron chi connectivity index (χ1n) is 3.14. The molecule has 0 fully saturated rings. The summed E-state index contributed by atoms with van der Waals surface area (Å²) in [5.41, 5.74) is 0. The SMILES string of the molecule is COc1ccccc1S(=O)(=O)[O-]. The van der Waals surface area contributed by atoms with Crippen LogP contribution >= 0.6 is 0 Å². The van der Waals surface area contributed by atoms with Gasteiger partial charge in [0.25, 0.3) is 0 Å². The lowest BCUT2D eigenvalue weighted by atomic mass is 10.3. The second-order valence-electron chi connectivity index (χ2n) is 2.10. The molecule has 0 saturated heterocycles. The minimum Gasteiger partial charge on any atom is -0.744 e. The van der Waals surface area contributed by atoms with Gasteiger partial charge in [-0.25, -0.2) is 8.42 Å². The maximum atomic E-state index is 10.6. The Bertz CT molecular complexity index is 369. The standard InChI is InChI=1S/C7H8O4S/c1-11-6-4-2-3-5-7(6)12(8,9)10/h2-5H,1H3,(H,8,9,10)/p-1. The molecule has 0 heterocycles. The number of rotatable bonds is 2. The Morgan fingerprint density at radius 2 is 1.92 bits per heavy atom. The molecule has 12 heavy (non-hydrogen) atoms. The largest absolute Gasteiger partial charge is 0.744 e. The Balaban J connectivity index is 3.33. The van der Waals surface area contributed by atoms with Crippen LogP contribution in [0.4, 0.5) is 0 Å². The molecule has 0 aliphatic carbocycles. The number of ether oxygens (including phenoxy) is 1. The van der Waals surface area contributed by atoms with E-state index in [1.165, 1.54) is 25.3 Å². The van der Waals surface area contributed by atoms with Gasteiger partial charge >= 0.3 is 0 Å². The van der Waals surface area contributed by atoms with Crippen molar-refractivity contribution in [2.75, 3.05) is 7.11 Å². The summed E-state index contributed by atoms with van der Waals surface area (Å²) in [6.45, 7) is 0. The van der Waals surface area contributed by atoms with Gasteiger partial charge in [-0.2, -0.15) is 0 Å². The van der Waals surface area contributed by atoms with Crippen LogP contribution in [0.3, 0.4) is 0 Å². The first-order valence-corrected chi connectivity index (χ1v) is 4.55. The highest BCUT2D eigenvalue weighted by molar-refractivity contribution is 7.85. The van der Waals surface area contributed by atoms with Crippen molar-refractivity contribution in [2.24, 2.45) is 0 Å². The molecular weight excluding hydrogens is 180 g/mol. The van der Waals surface area contributed by atoms with Crippen molar-refractivity contribution < 1.29 is 17.7 Å². The fourth-order valence-corrected chi connectivity index (χ4v) is 1.47. The van der Waals surface area contributed by atoms with Gasteiger partial charge < -0.3 is 9.29 Å². The summed E-state index contributed by atoms with van der Waals surface area (Å²) in [7, 11) is -3.11. The smallest absolute Gasteiger partial charge is 0.136 e. The van der Waals surface area contributed by atoms with E-state index in [0.29, 0.717) is 0 Å². The average Bonchev–Trinajstić information content (AvgIpc) is 2.03. The molecule has 0 aliphatic rings. The molecule has 0 N–H and O–H groups in total. The minimum atomic E-state index is -4.42. The Morgan fingerprint density at radius 1 is 1.33 bits per heavy atom. The zero-order valence-electron chi connectivity index (χ0n) is 6.35. The van der Waals surface area contributed by atoms with Crippen LogP contribution in [0.5, 0.6) is 5.75 Å². The lowest BCUT2D eigenvalue weighted by Crippen LogP contribution is -2.01. The van der Waals surface area contributed by atoms with E-state index in [2.05, 4.69) is 0 Å². The lowest BCUT2D eigenvalue weighted by Gasteiger charge is -2.10. The molecule has 0 radical (unpaired) electrons. The van der Waals surface area contributed by atoms with Crippen LogP contribution in [0.25, 0.3) is 0 Å². The zero-order chi connectivity index (χ0) is 9.19. The molecular formula is C7H7O4S-. The van der Waals surface area contributed by atoms with E-state index in [4.69, 9.17) is 4.74 Å². The molecule has 0 bridgehead atoms. The highest BCUT2D eigenvalue weighted by atomic mass is 32.2.